The summed E-state index contributed by atoms with van der Waals surface area (Å²) in [6.07, 6.45) is 6.36. The minimum atomic E-state index is -1.07. The van der Waals surface area contributed by atoms with E-state index in [1.54, 1.807) is 0 Å². The summed E-state index contributed by atoms with van der Waals surface area (Å²) >= 11 is 6.30. The first kappa shape index (κ1) is 18.9. The number of carboxylic acids is 1. The van der Waals surface area contributed by atoms with Gasteiger partial charge in [0.2, 0.25) is 0 Å². The Hall–Kier alpha value is -1.86. The summed E-state index contributed by atoms with van der Waals surface area (Å²) in [5.41, 5.74) is 3.55. The molecule has 0 bridgehead atoms. The number of anilines is 1. The number of carbonyl (C=O) groups is 2. The molecule has 5 nitrogen and oxygen atoms in total. The molecule has 1 N–H and O–H groups in total. The van der Waals surface area contributed by atoms with Crippen LogP contribution in [0.1, 0.15) is 37.3 Å². The molecule has 1 fully saturated rings. The van der Waals surface area contributed by atoms with Crippen LogP contribution in [-0.2, 0) is 16.0 Å². The number of thiocarbonyl (C=S) groups is 1. The number of thioether (sulfide) groups is 1. The highest BCUT2D eigenvalue weighted by Gasteiger charge is 2.33. The molecule has 138 valence electrons. The molecule has 0 atom stereocenters. The van der Waals surface area contributed by atoms with Crippen molar-refractivity contribution in [2.75, 3.05) is 24.5 Å². The van der Waals surface area contributed by atoms with Crippen molar-refractivity contribution in [3.05, 3.63) is 34.2 Å². The number of hydrogen-bond acceptors (Lipinski definition) is 5. The van der Waals surface area contributed by atoms with Gasteiger partial charge in [0.05, 0.1) is 4.91 Å². The fourth-order valence-corrected chi connectivity index (χ4v) is 4.54. The third-order valence-corrected chi connectivity index (χ3v) is 5.94. The Morgan fingerprint density at radius 2 is 2.23 bits per heavy atom. The fraction of sp³-hybridized carbons (Fsp3) is 0.421. The van der Waals surface area contributed by atoms with E-state index in [0.29, 0.717) is 9.23 Å². The van der Waals surface area contributed by atoms with Crippen LogP contribution >= 0.6 is 24.0 Å². The first-order chi connectivity index (χ1) is 12.5. The number of rotatable bonds is 6. The van der Waals surface area contributed by atoms with E-state index in [2.05, 4.69) is 24.0 Å². The molecule has 0 aliphatic carbocycles. The molecule has 0 unspecified atom stereocenters. The van der Waals surface area contributed by atoms with Crippen molar-refractivity contribution >= 4 is 51.9 Å². The zero-order valence-corrected chi connectivity index (χ0v) is 16.4. The molecule has 1 aromatic rings. The van der Waals surface area contributed by atoms with Crippen molar-refractivity contribution in [2.45, 2.75) is 32.6 Å². The molecule has 7 heteroatoms. The highest BCUT2D eigenvalue weighted by atomic mass is 32.2. The summed E-state index contributed by atoms with van der Waals surface area (Å²) in [7, 11) is 0. The Kier molecular flexibility index (Phi) is 5.98. The molecule has 3 rings (SSSR count). The molecule has 2 heterocycles. The van der Waals surface area contributed by atoms with Gasteiger partial charge in [-0.25, -0.2) is 0 Å². The van der Waals surface area contributed by atoms with Gasteiger partial charge in [0, 0.05) is 18.8 Å². The predicted molar refractivity (Wildman–Crippen MR) is 109 cm³/mol. The lowest BCUT2D eigenvalue weighted by Gasteiger charge is -2.31. The second-order valence-electron chi connectivity index (χ2n) is 6.49. The van der Waals surface area contributed by atoms with Crippen LogP contribution in [0.4, 0.5) is 5.69 Å². The van der Waals surface area contributed by atoms with Crippen molar-refractivity contribution in [1.82, 2.24) is 4.90 Å². The first-order valence-corrected chi connectivity index (χ1v) is 10.1. The third kappa shape index (κ3) is 4.10. The molecule has 2 aliphatic rings. The second kappa shape index (κ2) is 8.22. The number of fused-ring (bicyclic) bond motifs is 1. The molecule has 0 radical (unpaired) electrons. The van der Waals surface area contributed by atoms with Crippen LogP contribution in [0.5, 0.6) is 0 Å². The number of benzene rings is 1. The van der Waals surface area contributed by atoms with E-state index in [0.717, 1.165) is 48.2 Å². The normalized spacial score (nSPS) is 18.6. The number of amides is 1. The zero-order chi connectivity index (χ0) is 18.7. The van der Waals surface area contributed by atoms with Gasteiger partial charge in [0.25, 0.3) is 5.91 Å². The maximum Gasteiger partial charge on any atom is 0.323 e. The van der Waals surface area contributed by atoms with Gasteiger partial charge in [-0.05, 0) is 48.6 Å². The molecule has 1 aromatic carbocycles. The van der Waals surface area contributed by atoms with E-state index in [1.165, 1.54) is 24.1 Å². The molecule has 0 saturated carbocycles. The quantitative estimate of drug-likeness (QED) is 0.592. The molecular formula is C19H22N2O3S2. The number of aryl methyl sites for hydroxylation is 1. The fourth-order valence-electron chi connectivity index (χ4n) is 3.29. The maximum atomic E-state index is 12.4. The van der Waals surface area contributed by atoms with E-state index < -0.39 is 12.5 Å². The second-order valence-corrected chi connectivity index (χ2v) is 8.17. The topological polar surface area (TPSA) is 60.9 Å². The van der Waals surface area contributed by atoms with Crippen molar-refractivity contribution in [1.29, 1.82) is 0 Å². The summed E-state index contributed by atoms with van der Waals surface area (Å²) in [6, 6.07) is 6.29. The smallest absolute Gasteiger partial charge is 0.323 e. The van der Waals surface area contributed by atoms with Gasteiger partial charge in [-0.1, -0.05) is 43.4 Å². The van der Waals surface area contributed by atoms with E-state index in [1.807, 2.05) is 12.1 Å². The van der Waals surface area contributed by atoms with Gasteiger partial charge in [-0.15, -0.1) is 0 Å². The Labute approximate surface area is 163 Å². The Morgan fingerprint density at radius 1 is 1.42 bits per heavy atom. The van der Waals surface area contributed by atoms with Gasteiger partial charge < -0.3 is 10.0 Å². The van der Waals surface area contributed by atoms with E-state index in [4.69, 9.17) is 17.3 Å². The zero-order valence-electron chi connectivity index (χ0n) is 14.7. The minimum absolute atomic E-state index is 0.298. The third-order valence-electron chi connectivity index (χ3n) is 4.56. The largest absolute Gasteiger partial charge is 0.480 e. The first-order valence-electron chi connectivity index (χ1n) is 8.84. The predicted octanol–water partition coefficient (Wildman–Crippen LogP) is 3.53. The standard InChI is InChI=1S/C19H22N2O3S2/c1-2-3-8-20-9-4-5-14-10-13(6-7-15(14)20)11-16-18(24)21(12-17(22)23)19(25)26-16/h6-7,10-11H,2-5,8-9,12H2,1H3,(H,22,23)/b16-11-. The Balaban J connectivity index is 1.81. The number of aliphatic carboxylic acids is 1. The lowest BCUT2D eigenvalue weighted by atomic mass is 9.98. The summed E-state index contributed by atoms with van der Waals surface area (Å²) in [4.78, 5) is 27.3. The van der Waals surface area contributed by atoms with Gasteiger partial charge in [-0.3, -0.25) is 14.5 Å². The molecule has 26 heavy (non-hydrogen) atoms. The van der Waals surface area contributed by atoms with Crippen molar-refractivity contribution in [3.8, 4) is 0 Å². The molecule has 1 saturated heterocycles. The summed E-state index contributed by atoms with van der Waals surface area (Å²) in [5.74, 6) is -1.40. The number of carbonyl (C=O) groups excluding carboxylic acids is 1. The lowest BCUT2D eigenvalue weighted by molar-refractivity contribution is -0.140. The maximum absolute atomic E-state index is 12.4. The van der Waals surface area contributed by atoms with Crippen LogP contribution in [0.25, 0.3) is 6.08 Å². The minimum Gasteiger partial charge on any atom is -0.480 e. The molecule has 2 aliphatic heterocycles. The van der Waals surface area contributed by atoms with E-state index in [9.17, 15) is 9.59 Å². The van der Waals surface area contributed by atoms with Crippen LogP contribution in [0.2, 0.25) is 0 Å². The van der Waals surface area contributed by atoms with Gasteiger partial charge in [0.1, 0.15) is 10.9 Å². The van der Waals surface area contributed by atoms with E-state index in [-0.39, 0.29) is 5.91 Å². The van der Waals surface area contributed by atoms with Gasteiger partial charge in [0.15, 0.2) is 0 Å². The molecule has 0 spiro atoms. The van der Waals surface area contributed by atoms with Crippen LogP contribution in [0, 0.1) is 0 Å². The van der Waals surface area contributed by atoms with Crippen LogP contribution < -0.4 is 4.90 Å². The van der Waals surface area contributed by atoms with Crippen LogP contribution in [-0.4, -0.2) is 45.8 Å². The van der Waals surface area contributed by atoms with Crippen molar-refractivity contribution in [2.24, 2.45) is 0 Å². The monoisotopic (exact) mass is 390 g/mol. The SMILES string of the molecule is CCCCN1CCCc2cc(/C=C3\SC(=S)N(CC(=O)O)C3=O)ccc21. The summed E-state index contributed by atoms with van der Waals surface area (Å²) in [5, 5.41) is 8.92. The van der Waals surface area contributed by atoms with Crippen LogP contribution in [0.15, 0.2) is 23.1 Å². The number of unbranched alkanes of at least 4 members (excludes halogenated alkanes) is 1. The molecule has 0 aromatic heterocycles. The molecule has 1 amide bonds. The number of nitrogens with zero attached hydrogens (tertiary/aromatic N) is 2. The number of hydrogen-bond donors (Lipinski definition) is 1. The van der Waals surface area contributed by atoms with E-state index >= 15 is 0 Å². The Bertz CT molecular complexity index is 776. The Morgan fingerprint density at radius 3 is 2.96 bits per heavy atom. The highest BCUT2D eigenvalue weighted by Crippen LogP contribution is 2.34. The lowest BCUT2D eigenvalue weighted by Crippen LogP contribution is -2.33. The van der Waals surface area contributed by atoms with Crippen molar-refractivity contribution < 1.29 is 14.7 Å². The molecular weight excluding hydrogens is 368 g/mol. The summed E-state index contributed by atoms with van der Waals surface area (Å²) < 4.78 is 0.298. The average Bonchev–Trinajstić information content (AvgIpc) is 2.86. The summed E-state index contributed by atoms with van der Waals surface area (Å²) in [6.45, 7) is 3.99. The van der Waals surface area contributed by atoms with Gasteiger partial charge in [-0.2, -0.15) is 0 Å². The van der Waals surface area contributed by atoms with Crippen molar-refractivity contribution in [3.63, 3.8) is 0 Å². The average molecular weight is 391 g/mol. The van der Waals surface area contributed by atoms with Crippen LogP contribution in [0.3, 0.4) is 0 Å². The number of carboxylic acid groups (broad SMARTS) is 1. The van der Waals surface area contributed by atoms with Gasteiger partial charge >= 0.3 is 5.97 Å². The highest BCUT2D eigenvalue weighted by molar-refractivity contribution is 8.26.